The van der Waals surface area contributed by atoms with Crippen LogP contribution in [0.15, 0.2) is 0 Å². The fraction of sp³-hybridized carbons (Fsp3) is 0. The zero-order valence-corrected chi connectivity index (χ0v) is 150. The maximum atomic E-state index is 8.56. The Morgan fingerprint density at radius 2 is 0.0833 bits per heavy atom. The number of hydrogen-bond donors (Lipinski definition) is 20. The van der Waals surface area contributed by atoms with Gasteiger partial charge >= 0.3 is 1360 Å². The normalized spacial score (nSPS) is 2.86. The molecule has 74 heteroatoms. The minimum atomic E-state index is -1.83. The maximum Gasteiger partial charge on any atom is 1.00 e. The van der Waals surface area contributed by atoms with Crippen LogP contribution in [-0.2, 0) is 0 Å². The molecule has 0 spiro atoms. The average molecular weight is 1630 g/mol. The van der Waals surface area contributed by atoms with Crippen LogP contribution in [0.25, 0.3) is 0 Å². The van der Waals surface area contributed by atoms with E-state index in [9.17, 15) is 0 Å². The van der Waals surface area contributed by atoms with Crippen LogP contribution in [0.4, 0.5) is 47.9 Å². The molecule has 0 aromatic rings. The van der Waals surface area contributed by atoms with E-state index in [-0.39, 0.29) is 1300 Å². The smallest absolute Gasteiger partial charge is 0.450 e. The minimum absolute atomic E-state index is 0. The first kappa shape index (κ1) is 389. The number of rotatable bonds is 0. The van der Waals surface area contributed by atoms with E-state index in [0.717, 1.165) is 0 Å². The Bertz CT molecular complexity index is 546. The number of carbonyl (C=O) groups is 10. The quantitative estimate of drug-likeness (QED) is 0.100. The number of carboxylic acid groups (broad SMARTS) is 20. The summed E-state index contributed by atoms with van der Waals surface area (Å²) in [6.07, 6.45) is -18.3. The molecule has 0 rings (SSSR count). The average Bonchev–Trinajstić information content (AvgIpc) is 2.47. The van der Waals surface area contributed by atoms with Gasteiger partial charge in [0.1, 0.15) is 0 Å². The molecule has 84 heavy (non-hydrogen) atoms. The molecule has 0 aromatic carbocycles. The van der Waals surface area contributed by atoms with E-state index in [1.807, 2.05) is 0 Å². The molecule has 0 bridgehead atoms. The molecule has 0 radical (unpaired) electrons. The topological polar surface area (TPSA) is 575 Å². The molecule has 0 saturated heterocycles. The summed E-state index contributed by atoms with van der Waals surface area (Å²) < 4.78 is 0. The summed E-state index contributed by atoms with van der Waals surface area (Å²) in [5.41, 5.74) is 0. The third-order valence-corrected chi connectivity index (χ3v) is 0. The van der Waals surface area contributed by atoms with E-state index in [2.05, 4.69) is 0 Å². The molecule has 0 atom stereocenters. The van der Waals surface area contributed by atoms with Gasteiger partial charge in [-0.2, -0.15) is 0 Å². The van der Waals surface area contributed by atoms with Gasteiger partial charge in [0.25, 0.3) is 0 Å². The largest absolute Gasteiger partial charge is 1.00 e. The molecule has 0 aliphatic rings. The van der Waals surface area contributed by atoms with Gasteiger partial charge in [-0.1, -0.05) is 0 Å². The van der Waals surface area contributed by atoms with Gasteiger partial charge in [0.15, 0.2) is 0 Å². The molecule has 0 amide bonds. The van der Waals surface area contributed by atoms with Crippen molar-refractivity contribution in [1.82, 2.24) is 0 Å². The first-order chi connectivity index (χ1) is 17.3. The second-order valence-corrected chi connectivity index (χ2v) is 2.83. The van der Waals surface area contributed by atoms with E-state index in [1.54, 1.807) is 0 Å². The first-order valence-corrected chi connectivity index (χ1v) is 6.51. The van der Waals surface area contributed by atoms with Crippen LogP contribution in [-0.4, -0.2) is 164 Å². The van der Waals surface area contributed by atoms with Crippen molar-refractivity contribution in [2.24, 2.45) is 0 Å². The number of hydrogen-bond acceptors (Lipinski definition) is 10. The van der Waals surface area contributed by atoms with Crippen molar-refractivity contribution in [1.29, 1.82) is 0 Å². The van der Waals surface area contributed by atoms with Crippen LogP contribution in [0, 0.1) is 0 Å². The van der Waals surface area contributed by atoms with Gasteiger partial charge in [-0.15, -0.1) is 0 Å². The SMILES string of the molecule is O=C(O)O.O=C(O)O.O=C(O)O.O=C(O)O.O=C(O)O.O=C(O)O.O=C(O)O.O=C(O)O.O=C(O)O.O=C(O)O.[Na+].[Na+].[Na+].[Na+].[Na+].[Na+].[Na+].[Na+].[Na+].[Na+].[Na+].[Na+].[Na+].[Na+].[Na+].[Na+].[Na+].[Na+].[Na+].[Na+].[Na+].[Na+].[Na+].[Na+].[Na+].[Na+].[Na+].[Na+].[Na+].[Na+].[Na+].[Na+].[Na+].[Na+].[Na+].[Na+].[Na+].[Na+].[Na+].[Na+].[Na+].[Na+].[Na+].[Na+]. The van der Waals surface area contributed by atoms with E-state index >= 15 is 0 Å². The Morgan fingerprint density at radius 1 is 0.0833 bits per heavy atom. The third kappa shape index (κ3) is 1220. The van der Waals surface area contributed by atoms with Crippen LogP contribution in [0.1, 0.15) is 0 Å². The zero-order chi connectivity index (χ0) is 35.8. The van der Waals surface area contributed by atoms with Gasteiger partial charge in [0.05, 0.1) is 0 Å². The van der Waals surface area contributed by atoms with Gasteiger partial charge in [-0.25, -0.2) is 47.9 Å². The maximum absolute atomic E-state index is 8.56. The van der Waals surface area contributed by atoms with Gasteiger partial charge in [-0.3, -0.25) is 0 Å². The predicted molar refractivity (Wildman–Crippen MR) is 107 cm³/mol. The monoisotopic (exact) mass is 1630 g/mol. The van der Waals surface area contributed by atoms with Gasteiger partial charge in [0, 0.05) is 0 Å². The van der Waals surface area contributed by atoms with Crippen LogP contribution in [0.2, 0.25) is 0 Å². The standard InChI is InChI=1S/10CH2O3.44Na/c10*2-1(3)4;;;;;;;;;;;;;;;;;;;;;;;;;;;;;;;;;;;;;;;;;;;;/h10*(H2,2,3,4);;;;;;;;;;;;;;;;;;;;;;;;;;;;;;;;;;;;;;;;;;;;/q;;;;;;;;;;44*+1. The van der Waals surface area contributed by atoms with Crippen molar-refractivity contribution in [2.45, 2.75) is 0 Å². The fourth-order valence-electron chi connectivity index (χ4n) is 0. The molecule has 0 fully saturated rings. The van der Waals surface area contributed by atoms with Gasteiger partial charge in [0.2, 0.25) is 0 Å². The van der Waals surface area contributed by atoms with Gasteiger partial charge in [-0.05, 0) is 0 Å². The molecule has 30 nitrogen and oxygen atoms in total. The Hall–Kier alpha value is 36.7. The van der Waals surface area contributed by atoms with Crippen LogP contribution in [0.5, 0.6) is 0 Å². The Kier molecular flexibility index (Phi) is 1750. The minimum Gasteiger partial charge on any atom is -0.450 e. The van der Waals surface area contributed by atoms with E-state index in [0.29, 0.717) is 0 Å². The molecule has 240 valence electrons. The van der Waals surface area contributed by atoms with Crippen molar-refractivity contribution in [3.63, 3.8) is 0 Å². The Labute approximate surface area is 1460 Å². The summed E-state index contributed by atoms with van der Waals surface area (Å²) in [7, 11) is 0. The van der Waals surface area contributed by atoms with Gasteiger partial charge < -0.3 is 102 Å². The van der Waals surface area contributed by atoms with Crippen molar-refractivity contribution in [3.8, 4) is 0 Å². The summed E-state index contributed by atoms with van der Waals surface area (Å²) in [5.74, 6) is 0. The second kappa shape index (κ2) is 379. The fourth-order valence-corrected chi connectivity index (χ4v) is 0. The van der Waals surface area contributed by atoms with Crippen molar-refractivity contribution in [2.75, 3.05) is 0 Å². The summed E-state index contributed by atoms with van der Waals surface area (Å²) >= 11 is 0. The zero-order valence-electron chi connectivity index (χ0n) is 62.0. The third-order valence-electron chi connectivity index (χ3n) is 0. The van der Waals surface area contributed by atoms with Crippen molar-refractivity contribution in [3.05, 3.63) is 0 Å². The molecule has 0 heterocycles. The Balaban J connectivity index is -0.00000000216. The second-order valence-electron chi connectivity index (χ2n) is 2.83. The van der Waals surface area contributed by atoms with Crippen LogP contribution < -0.4 is 1300 Å². The summed E-state index contributed by atoms with van der Waals surface area (Å²) in [6.45, 7) is 0. The summed E-state index contributed by atoms with van der Waals surface area (Å²) in [6, 6.07) is 0. The molecule has 20 N–H and O–H groups in total. The van der Waals surface area contributed by atoms with Crippen LogP contribution in [0.3, 0.4) is 0 Å². The van der Waals surface area contributed by atoms with E-state index in [4.69, 9.17) is 150 Å². The molecule has 0 unspecified atom stereocenters. The molecule has 0 aromatic heterocycles. The summed E-state index contributed by atoms with van der Waals surface area (Å²) in [4.78, 5) is 85.6. The molecule has 0 aliphatic carbocycles. The van der Waals surface area contributed by atoms with E-state index < -0.39 is 61.6 Å². The van der Waals surface area contributed by atoms with Crippen molar-refractivity contribution < 1.29 is 1450 Å². The predicted octanol–water partition coefficient (Wildman–Crippen LogP) is -130. The molecular formula is C10H20Na44O30+44. The van der Waals surface area contributed by atoms with E-state index in [1.165, 1.54) is 0 Å². The molecular weight excluding hydrogens is 1610 g/mol. The van der Waals surface area contributed by atoms with Crippen LogP contribution >= 0.6 is 0 Å². The molecule has 0 saturated carbocycles. The summed E-state index contributed by atoms with van der Waals surface area (Å²) in [5, 5.41) is 139. The van der Waals surface area contributed by atoms with Crippen molar-refractivity contribution >= 4 is 61.6 Å². The first-order valence-electron chi connectivity index (χ1n) is 6.51. The molecule has 0 aliphatic heterocycles. The Morgan fingerprint density at radius 3 is 0.0833 bits per heavy atom.